The molecule has 2 heterocycles. The van der Waals surface area contributed by atoms with Crippen molar-refractivity contribution in [2.24, 2.45) is 5.73 Å². The molecule has 0 bridgehead atoms. The maximum Gasteiger partial charge on any atom is 0.327 e. The van der Waals surface area contributed by atoms with Gasteiger partial charge >= 0.3 is 5.97 Å². The number of hydrogen-bond donors (Lipinski definition) is 2. The van der Waals surface area contributed by atoms with Crippen molar-refractivity contribution in [1.29, 1.82) is 0 Å². The van der Waals surface area contributed by atoms with Crippen LogP contribution in [0.1, 0.15) is 6.92 Å². The van der Waals surface area contributed by atoms with Gasteiger partial charge in [-0.05, 0) is 13.0 Å². The molecule has 4 atom stereocenters. The number of rotatable bonds is 4. The van der Waals surface area contributed by atoms with Crippen molar-refractivity contribution in [3.8, 4) is 0 Å². The molecule has 2 rings (SSSR count). The van der Waals surface area contributed by atoms with Gasteiger partial charge in [0, 0.05) is 12.8 Å². The third-order valence-corrected chi connectivity index (χ3v) is 11.9. The number of nitrogens with two attached hydrogens (primary N) is 1. The summed E-state index contributed by atoms with van der Waals surface area (Å²) in [5.41, 5.74) is 5.98. The lowest BCUT2D eigenvalue weighted by molar-refractivity contribution is -0.163. The molecular weight excluding hydrogens is 332 g/mol. The lowest BCUT2D eigenvalue weighted by atomic mass is 9.95. The molecule has 0 radical (unpaired) electrons. The van der Waals surface area contributed by atoms with E-state index in [0.717, 1.165) is 6.04 Å². The Balaban J connectivity index is 2.66. The standard InChI is InChI=1S/C14H28N2O3SSi2/c1-13(8-21(2,3)4)14(12(18)19,22(5,6)7)16-10(17)9(15)11(16)20-13/h9,11H,8,15H2,1-7H3,(H,18,19)/t9-,11-,13?,14-/m1/s1. The fourth-order valence-corrected chi connectivity index (χ4v) is 14.6. The summed E-state index contributed by atoms with van der Waals surface area (Å²) in [7, 11) is -3.77. The van der Waals surface area contributed by atoms with Crippen LogP contribution in [0, 0.1) is 0 Å². The number of carbonyl (C=O) groups is 2. The number of carbonyl (C=O) groups excluding carboxylic acids is 1. The molecule has 22 heavy (non-hydrogen) atoms. The van der Waals surface area contributed by atoms with Gasteiger partial charge < -0.3 is 15.7 Å². The van der Waals surface area contributed by atoms with Crippen molar-refractivity contribution in [3.05, 3.63) is 0 Å². The summed E-state index contributed by atoms with van der Waals surface area (Å²) in [5, 5.41) is 9.00. The predicted molar refractivity (Wildman–Crippen MR) is 96.5 cm³/mol. The fourth-order valence-electron chi connectivity index (χ4n) is 4.56. The molecule has 2 fully saturated rings. The number of aliphatic carboxylic acids is 1. The van der Waals surface area contributed by atoms with E-state index in [4.69, 9.17) is 5.73 Å². The zero-order valence-electron chi connectivity index (χ0n) is 14.6. The van der Waals surface area contributed by atoms with Gasteiger partial charge in [-0.25, -0.2) is 4.79 Å². The Kier molecular flexibility index (Phi) is 3.97. The van der Waals surface area contributed by atoms with Gasteiger partial charge in [-0.15, -0.1) is 11.8 Å². The third-order valence-electron chi connectivity index (χ3n) is 4.85. The molecular formula is C14H28N2O3SSi2. The Morgan fingerprint density at radius 2 is 1.82 bits per heavy atom. The van der Waals surface area contributed by atoms with Crippen molar-refractivity contribution >= 4 is 39.8 Å². The fraction of sp³-hybridized carbons (Fsp3) is 0.857. The van der Waals surface area contributed by atoms with Crippen molar-refractivity contribution < 1.29 is 14.7 Å². The van der Waals surface area contributed by atoms with Crippen LogP contribution in [-0.4, -0.2) is 59.4 Å². The maximum absolute atomic E-state index is 12.5. The summed E-state index contributed by atoms with van der Waals surface area (Å²) in [4.78, 5) is 26.6. The molecule has 3 N–H and O–H groups in total. The highest BCUT2D eigenvalue weighted by Crippen LogP contribution is 2.62. The van der Waals surface area contributed by atoms with Gasteiger partial charge in [-0.2, -0.15) is 0 Å². The quantitative estimate of drug-likeness (QED) is 0.592. The van der Waals surface area contributed by atoms with E-state index in [0.29, 0.717) is 0 Å². The second-order valence-electron chi connectivity index (χ2n) is 8.98. The van der Waals surface area contributed by atoms with Crippen LogP contribution in [0.3, 0.4) is 0 Å². The van der Waals surface area contributed by atoms with E-state index in [2.05, 4.69) is 46.2 Å². The first kappa shape index (κ1) is 18.0. The number of carboxylic acids is 1. The largest absolute Gasteiger partial charge is 0.480 e. The van der Waals surface area contributed by atoms with E-state index in [9.17, 15) is 14.7 Å². The molecule has 2 saturated heterocycles. The van der Waals surface area contributed by atoms with Crippen molar-refractivity contribution in [2.45, 2.75) is 73.6 Å². The number of fused-ring (bicyclic) bond motifs is 1. The molecule has 126 valence electrons. The lowest BCUT2D eigenvalue weighted by Crippen LogP contribution is -2.81. The smallest absolute Gasteiger partial charge is 0.327 e. The number of nitrogens with zero attached hydrogens (tertiary/aromatic N) is 1. The molecule has 5 nitrogen and oxygen atoms in total. The van der Waals surface area contributed by atoms with E-state index in [1.54, 1.807) is 16.7 Å². The van der Waals surface area contributed by atoms with Gasteiger partial charge in [-0.1, -0.05) is 39.3 Å². The number of hydrogen-bond acceptors (Lipinski definition) is 4. The first-order valence-electron chi connectivity index (χ1n) is 7.69. The molecule has 8 heteroatoms. The monoisotopic (exact) mass is 360 g/mol. The summed E-state index contributed by atoms with van der Waals surface area (Å²) < 4.78 is -0.470. The minimum atomic E-state index is -2.25. The average Bonchev–Trinajstić information content (AvgIpc) is 2.52. The SMILES string of the molecule is CC1(C[Si](C)(C)C)S[C@@H]2[C@H](N)C(=O)N2[C@]1(C(=O)O)[Si](C)(C)C. The predicted octanol–water partition coefficient (Wildman–Crippen LogP) is 2.03. The Morgan fingerprint density at radius 1 is 1.32 bits per heavy atom. The van der Waals surface area contributed by atoms with E-state index >= 15 is 0 Å². The molecule has 0 aromatic heterocycles. The average molecular weight is 361 g/mol. The molecule has 2 aliphatic rings. The van der Waals surface area contributed by atoms with Crippen LogP contribution >= 0.6 is 11.8 Å². The minimum Gasteiger partial charge on any atom is -0.480 e. The first-order valence-corrected chi connectivity index (χ1v) is 15.8. The van der Waals surface area contributed by atoms with Crippen LogP contribution in [0.25, 0.3) is 0 Å². The number of carboxylic acid groups (broad SMARTS) is 1. The van der Waals surface area contributed by atoms with Gasteiger partial charge in [0.2, 0.25) is 5.91 Å². The van der Waals surface area contributed by atoms with Gasteiger partial charge in [0.25, 0.3) is 0 Å². The highest BCUT2D eigenvalue weighted by atomic mass is 32.2. The van der Waals surface area contributed by atoms with Crippen LogP contribution in [0.5, 0.6) is 0 Å². The maximum atomic E-state index is 12.5. The molecule has 1 amide bonds. The second-order valence-corrected chi connectivity index (χ2v) is 21.3. The van der Waals surface area contributed by atoms with Crippen molar-refractivity contribution in [3.63, 3.8) is 0 Å². The van der Waals surface area contributed by atoms with Crippen LogP contribution < -0.4 is 5.73 Å². The molecule has 2 aliphatic heterocycles. The highest BCUT2D eigenvalue weighted by Gasteiger charge is 2.77. The summed E-state index contributed by atoms with van der Waals surface area (Å²) in [6, 6.07) is 0.317. The Hall–Kier alpha value is -0.316. The first-order chi connectivity index (χ1) is 9.69. The molecule has 0 aromatic carbocycles. The van der Waals surface area contributed by atoms with E-state index < -0.39 is 38.1 Å². The Labute approximate surface area is 139 Å². The van der Waals surface area contributed by atoms with Crippen LogP contribution in [0.2, 0.25) is 45.3 Å². The van der Waals surface area contributed by atoms with Crippen molar-refractivity contribution in [1.82, 2.24) is 4.90 Å². The topological polar surface area (TPSA) is 83.6 Å². The number of amides is 1. The lowest BCUT2D eigenvalue weighted by Gasteiger charge is -2.55. The van der Waals surface area contributed by atoms with Gasteiger partial charge in [0.1, 0.15) is 16.6 Å². The summed E-state index contributed by atoms with van der Waals surface area (Å²) in [6.07, 6.45) is 0. The molecule has 0 aliphatic carbocycles. The molecule has 1 unspecified atom stereocenters. The Bertz CT molecular complexity index is 531. The van der Waals surface area contributed by atoms with Gasteiger partial charge in [0.15, 0.2) is 0 Å². The normalized spacial score (nSPS) is 38.7. The second kappa shape index (κ2) is 4.84. The third kappa shape index (κ3) is 2.14. The molecule has 0 spiro atoms. The van der Waals surface area contributed by atoms with Gasteiger partial charge in [0.05, 0.1) is 8.07 Å². The molecule has 0 saturated carbocycles. The van der Waals surface area contributed by atoms with Crippen LogP contribution in [0.15, 0.2) is 0 Å². The summed E-state index contributed by atoms with van der Waals surface area (Å²) in [6.45, 7) is 15.0. The van der Waals surface area contributed by atoms with E-state index in [1.165, 1.54) is 0 Å². The number of thioether (sulfide) groups is 1. The number of β-lactam (4-membered cyclic amide) rings is 1. The minimum absolute atomic E-state index is 0.184. The highest BCUT2D eigenvalue weighted by molar-refractivity contribution is 8.02. The van der Waals surface area contributed by atoms with E-state index in [1.807, 2.05) is 0 Å². The van der Waals surface area contributed by atoms with E-state index in [-0.39, 0.29) is 11.3 Å². The summed E-state index contributed by atoms with van der Waals surface area (Å²) in [5.74, 6) is -1.04. The Morgan fingerprint density at radius 3 is 2.18 bits per heavy atom. The zero-order valence-corrected chi connectivity index (χ0v) is 17.4. The molecule has 0 aromatic rings. The van der Waals surface area contributed by atoms with Crippen molar-refractivity contribution in [2.75, 3.05) is 0 Å². The van der Waals surface area contributed by atoms with Gasteiger partial charge in [-0.3, -0.25) is 4.79 Å². The summed E-state index contributed by atoms with van der Waals surface area (Å²) >= 11 is 1.63. The zero-order chi connectivity index (χ0) is 17.3. The van der Waals surface area contributed by atoms with Crippen LogP contribution in [-0.2, 0) is 9.59 Å². The van der Waals surface area contributed by atoms with Crippen LogP contribution in [0.4, 0.5) is 0 Å².